The maximum atomic E-state index is 5.15. The third-order valence-corrected chi connectivity index (χ3v) is 4.03. The van der Waals surface area contributed by atoms with Gasteiger partial charge in [0, 0.05) is 18.7 Å². The summed E-state index contributed by atoms with van der Waals surface area (Å²) < 4.78 is 5.15. The Hall–Kier alpha value is -1.09. The molecule has 0 spiro atoms. The van der Waals surface area contributed by atoms with Crippen molar-refractivity contribution in [2.75, 3.05) is 7.11 Å². The molecule has 1 aliphatic carbocycles. The van der Waals surface area contributed by atoms with Crippen LogP contribution in [0.3, 0.4) is 0 Å². The van der Waals surface area contributed by atoms with E-state index in [1.165, 1.54) is 25.7 Å². The predicted molar refractivity (Wildman–Crippen MR) is 73.7 cm³/mol. The summed E-state index contributed by atoms with van der Waals surface area (Å²) in [4.78, 5) is 4.44. The van der Waals surface area contributed by atoms with E-state index < -0.39 is 0 Å². The van der Waals surface area contributed by atoms with Crippen LogP contribution in [0.25, 0.3) is 0 Å². The summed E-state index contributed by atoms with van der Waals surface area (Å²) in [5.74, 6) is 0.692. The second-order valence-electron chi connectivity index (χ2n) is 5.84. The highest BCUT2D eigenvalue weighted by Crippen LogP contribution is 2.35. The van der Waals surface area contributed by atoms with Crippen LogP contribution in [0.2, 0.25) is 0 Å². The fraction of sp³-hybridized carbons (Fsp3) is 0.667. The minimum atomic E-state index is 0.400. The Morgan fingerprint density at radius 1 is 1.39 bits per heavy atom. The van der Waals surface area contributed by atoms with E-state index >= 15 is 0 Å². The molecule has 1 aliphatic rings. The van der Waals surface area contributed by atoms with Crippen LogP contribution in [0.5, 0.6) is 5.88 Å². The summed E-state index contributed by atoms with van der Waals surface area (Å²) in [7, 11) is 1.66. The Bertz CT molecular complexity index is 390. The number of nitrogens with zero attached hydrogens (tertiary/aromatic N) is 1. The molecular weight excluding hydrogens is 224 g/mol. The lowest BCUT2D eigenvalue weighted by atomic mass is 9.73. The molecule has 0 radical (unpaired) electrons. The van der Waals surface area contributed by atoms with Crippen molar-refractivity contribution in [2.45, 2.75) is 52.1 Å². The van der Waals surface area contributed by atoms with Gasteiger partial charge in [-0.1, -0.05) is 32.8 Å². The average Bonchev–Trinajstić information content (AvgIpc) is 2.37. The highest BCUT2D eigenvalue weighted by Gasteiger charge is 2.31. The Morgan fingerprint density at radius 2 is 2.22 bits per heavy atom. The molecule has 3 nitrogen and oxygen atoms in total. The van der Waals surface area contributed by atoms with Gasteiger partial charge in [-0.05, 0) is 24.3 Å². The standard InChI is InChI=1S/C15H24N2O/c1-15(2)10-5-4-8-13(15)16-11-12-7-6-9-14(17-12)18-3/h6-7,9,13,16H,4-5,8,10-11H2,1-3H3. The number of hydrogen-bond donors (Lipinski definition) is 1. The number of methoxy groups -OCH3 is 1. The summed E-state index contributed by atoms with van der Waals surface area (Å²) in [6.45, 7) is 5.55. The lowest BCUT2D eigenvalue weighted by molar-refractivity contribution is 0.166. The summed E-state index contributed by atoms with van der Waals surface area (Å²) >= 11 is 0. The number of ether oxygens (including phenoxy) is 1. The first-order valence-electron chi connectivity index (χ1n) is 6.85. The van der Waals surface area contributed by atoms with Crippen molar-refractivity contribution in [3.05, 3.63) is 23.9 Å². The van der Waals surface area contributed by atoms with Crippen LogP contribution in [-0.4, -0.2) is 18.1 Å². The molecule has 2 rings (SSSR count). The minimum absolute atomic E-state index is 0.400. The largest absolute Gasteiger partial charge is 0.481 e. The van der Waals surface area contributed by atoms with Crippen molar-refractivity contribution in [3.8, 4) is 5.88 Å². The highest BCUT2D eigenvalue weighted by molar-refractivity contribution is 5.15. The number of nitrogens with one attached hydrogen (secondary N) is 1. The number of pyridine rings is 1. The van der Waals surface area contributed by atoms with E-state index in [1.54, 1.807) is 7.11 Å². The molecule has 1 atom stereocenters. The molecule has 0 aromatic carbocycles. The van der Waals surface area contributed by atoms with E-state index in [1.807, 2.05) is 18.2 Å². The fourth-order valence-corrected chi connectivity index (χ4v) is 2.77. The first-order valence-corrected chi connectivity index (χ1v) is 6.85. The van der Waals surface area contributed by atoms with Crippen LogP contribution >= 0.6 is 0 Å². The van der Waals surface area contributed by atoms with Gasteiger partial charge in [0.2, 0.25) is 5.88 Å². The van der Waals surface area contributed by atoms with Gasteiger partial charge < -0.3 is 10.1 Å². The lowest BCUT2D eigenvalue weighted by Crippen LogP contribution is -2.43. The van der Waals surface area contributed by atoms with E-state index in [0.717, 1.165) is 12.2 Å². The Morgan fingerprint density at radius 3 is 2.94 bits per heavy atom. The molecular formula is C15H24N2O. The number of hydrogen-bond acceptors (Lipinski definition) is 3. The zero-order valence-corrected chi connectivity index (χ0v) is 11.7. The summed E-state index contributed by atoms with van der Waals surface area (Å²) in [5.41, 5.74) is 1.45. The van der Waals surface area contributed by atoms with Crippen LogP contribution in [0.1, 0.15) is 45.2 Å². The van der Waals surface area contributed by atoms with Gasteiger partial charge >= 0.3 is 0 Å². The smallest absolute Gasteiger partial charge is 0.213 e. The topological polar surface area (TPSA) is 34.1 Å². The first kappa shape index (κ1) is 13.3. The van der Waals surface area contributed by atoms with E-state index in [4.69, 9.17) is 4.74 Å². The van der Waals surface area contributed by atoms with Crippen molar-refractivity contribution in [1.29, 1.82) is 0 Å². The maximum absolute atomic E-state index is 5.15. The Labute approximate surface area is 110 Å². The van der Waals surface area contributed by atoms with E-state index in [2.05, 4.69) is 24.1 Å². The molecule has 1 heterocycles. The van der Waals surface area contributed by atoms with Crippen LogP contribution in [0.15, 0.2) is 18.2 Å². The zero-order valence-electron chi connectivity index (χ0n) is 11.7. The second-order valence-corrected chi connectivity index (χ2v) is 5.84. The maximum Gasteiger partial charge on any atom is 0.213 e. The summed E-state index contributed by atoms with van der Waals surface area (Å²) in [6.07, 6.45) is 5.29. The van der Waals surface area contributed by atoms with Crippen molar-refractivity contribution >= 4 is 0 Å². The van der Waals surface area contributed by atoms with E-state index in [0.29, 0.717) is 17.3 Å². The van der Waals surface area contributed by atoms with E-state index in [9.17, 15) is 0 Å². The molecule has 3 heteroatoms. The van der Waals surface area contributed by atoms with Crippen LogP contribution in [-0.2, 0) is 6.54 Å². The fourth-order valence-electron chi connectivity index (χ4n) is 2.77. The predicted octanol–water partition coefficient (Wildman–Crippen LogP) is 3.15. The van der Waals surface area contributed by atoms with Crippen LogP contribution < -0.4 is 10.1 Å². The van der Waals surface area contributed by atoms with Gasteiger partial charge in [0.05, 0.1) is 12.8 Å². The normalized spacial score (nSPS) is 22.7. The third-order valence-electron chi connectivity index (χ3n) is 4.03. The van der Waals surface area contributed by atoms with Gasteiger partial charge in [0.1, 0.15) is 0 Å². The third kappa shape index (κ3) is 3.22. The molecule has 0 amide bonds. The average molecular weight is 248 g/mol. The molecule has 100 valence electrons. The molecule has 1 N–H and O–H groups in total. The van der Waals surface area contributed by atoms with Gasteiger partial charge in [-0.25, -0.2) is 4.98 Å². The molecule has 1 unspecified atom stereocenters. The first-order chi connectivity index (χ1) is 8.62. The second kappa shape index (κ2) is 5.70. The lowest BCUT2D eigenvalue weighted by Gasteiger charge is -2.39. The van der Waals surface area contributed by atoms with Gasteiger partial charge in [-0.3, -0.25) is 0 Å². The monoisotopic (exact) mass is 248 g/mol. The number of rotatable bonds is 4. The van der Waals surface area contributed by atoms with Gasteiger partial charge in [-0.15, -0.1) is 0 Å². The molecule has 18 heavy (non-hydrogen) atoms. The number of aromatic nitrogens is 1. The Balaban J connectivity index is 1.94. The molecule has 1 saturated carbocycles. The summed E-state index contributed by atoms with van der Waals surface area (Å²) in [6, 6.07) is 6.52. The molecule has 1 fully saturated rings. The molecule has 1 aromatic heterocycles. The van der Waals surface area contributed by atoms with Gasteiger partial charge in [0.15, 0.2) is 0 Å². The van der Waals surface area contributed by atoms with E-state index in [-0.39, 0.29) is 0 Å². The quantitative estimate of drug-likeness (QED) is 0.888. The van der Waals surface area contributed by atoms with Crippen molar-refractivity contribution in [2.24, 2.45) is 5.41 Å². The molecule has 0 bridgehead atoms. The molecule has 0 saturated heterocycles. The van der Waals surface area contributed by atoms with Gasteiger partial charge in [0.25, 0.3) is 0 Å². The summed E-state index contributed by atoms with van der Waals surface area (Å²) in [5, 5.41) is 3.66. The molecule has 1 aromatic rings. The zero-order chi connectivity index (χ0) is 13.0. The van der Waals surface area contributed by atoms with Crippen molar-refractivity contribution < 1.29 is 4.74 Å². The SMILES string of the molecule is COc1cccc(CNC2CCCCC2(C)C)n1. The van der Waals surface area contributed by atoms with Gasteiger partial charge in [-0.2, -0.15) is 0 Å². The van der Waals surface area contributed by atoms with Crippen molar-refractivity contribution in [1.82, 2.24) is 10.3 Å². The minimum Gasteiger partial charge on any atom is -0.481 e. The van der Waals surface area contributed by atoms with Crippen LogP contribution in [0, 0.1) is 5.41 Å². The molecule has 0 aliphatic heterocycles. The van der Waals surface area contributed by atoms with Crippen molar-refractivity contribution in [3.63, 3.8) is 0 Å². The Kier molecular flexibility index (Phi) is 4.23. The highest BCUT2D eigenvalue weighted by atomic mass is 16.5. The van der Waals surface area contributed by atoms with Crippen LogP contribution in [0.4, 0.5) is 0 Å².